The molecule has 2 N–H and O–H groups in total. The van der Waals surface area contributed by atoms with Crippen molar-refractivity contribution >= 4 is 18.0 Å². The van der Waals surface area contributed by atoms with Crippen LogP contribution in [0.25, 0.3) is 6.08 Å². The highest BCUT2D eigenvalue weighted by Crippen LogP contribution is 2.17. The van der Waals surface area contributed by atoms with Crippen molar-refractivity contribution in [1.29, 1.82) is 0 Å². The van der Waals surface area contributed by atoms with Gasteiger partial charge in [-0.3, -0.25) is 4.79 Å². The van der Waals surface area contributed by atoms with E-state index in [1.54, 1.807) is 30.3 Å². The van der Waals surface area contributed by atoms with Crippen LogP contribution in [0.4, 0.5) is 0 Å². The molecule has 4 nitrogen and oxygen atoms in total. The van der Waals surface area contributed by atoms with Gasteiger partial charge in [-0.1, -0.05) is 12.1 Å². The first-order chi connectivity index (χ1) is 7.66. The van der Waals surface area contributed by atoms with Gasteiger partial charge >= 0.3 is 5.97 Å². The Hall–Kier alpha value is -2.10. The lowest BCUT2D eigenvalue weighted by atomic mass is 10.1. The van der Waals surface area contributed by atoms with Crippen molar-refractivity contribution in [3.63, 3.8) is 0 Å². The Bertz CT molecular complexity index is 460. The summed E-state index contributed by atoms with van der Waals surface area (Å²) >= 11 is 0. The van der Waals surface area contributed by atoms with E-state index in [1.807, 2.05) is 0 Å². The van der Waals surface area contributed by atoms with Gasteiger partial charge in [-0.05, 0) is 23.8 Å². The zero-order valence-corrected chi connectivity index (χ0v) is 8.60. The molecule has 4 heteroatoms. The van der Waals surface area contributed by atoms with Gasteiger partial charge in [0.15, 0.2) is 0 Å². The first-order valence-corrected chi connectivity index (χ1v) is 4.94. The highest BCUT2D eigenvalue weighted by atomic mass is 16.5. The molecule has 0 spiro atoms. The minimum absolute atomic E-state index is 0.265. The predicted molar refractivity (Wildman–Crippen MR) is 58.5 cm³/mol. The summed E-state index contributed by atoms with van der Waals surface area (Å²) in [6.07, 6.45) is 2.40. The summed E-state index contributed by atoms with van der Waals surface area (Å²) in [5.41, 5.74) is 7.09. The van der Waals surface area contributed by atoms with Crippen LogP contribution in [-0.2, 0) is 9.53 Å². The van der Waals surface area contributed by atoms with E-state index >= 15 is 0 Å². The molecule has 16 heavy (non-hydrogen) atoms. The molecule has 0 unspecified atom stereocenters. The van der Waals surface area contributed by atoms with Crippen molar-refractivity contribution < 1.29 is 14.3 Å². The Morgan fingerprint density at radius 2 is 2.00 bits per heavy atom. The quantitative estimate of drug-likeness (QED) is 0.596. The molecule has 2 rings (SSSR count). The summed E-state index contributed by atoms with van der Waals surface area (Å²) in [6, 6.07) is 6.77. The van der Waals surface area contributed by atoms with Gasteiger partial charge < -0.3 is 10.5 Å². The summed E-state index contributed by atoms with van der Waals surface area (Å²) in [5.74, 6) is -0.724. The molecular formula is C12H11NO3. The minimum atomic E-state index is -0.459. The second kappa shape index (κ2) is 4.18. The number of nitrogens with two attached hydrogens (primary N) is 1. The van der Waals surface area contributed by atoms with Gasteiger partial charge in [-0.15, -0.1) is 0 Å². The third kappa shape index (κ3) is 2.11. The lowest BCUT2D eigenvalue weighted by Crippen LogP contribution is -2.10. The van der Waals surface area contributed by atoms with E-state index in [4.69, 9.17) is 10.5 Å². The van der Waals surface area contributed by atoms with Crippen LogP contribution in [0.2, 0.25) is 0 Å². The lowest BCUT2D eigenvalue weighted by molar-refractivity contribution is -0.134. The smallest absolute Gasteiger partial charge is 0.334 e. The highest BCUT2D eigenvalue weighted by Gasteiger charge is 2.18. The van der Waals surface area contributed by atoms with Crippen LogP contribution in [0.5, 0.6) is 0 Å². The molecule has 82 valence electrons. The molecule has 0 radical (unpaired) electrons. The molecule has 1 heterocycles. The summed E-state index contributed by atoms with van der Waals surface area (Å²) in [6.45, 7) is 0.448. The Kier molecular flexibility index (Phi) is 2.72. The number of ether oxygens (including phenoxy) is 1. The first-order valence-electron chi connectivity index (χ1n) is 4.94. The second-order valence-electron chi connectivity index (χ2n) is 3.54. The SMILES string of the molecule is NC(=O)c1ccc(/C=C2\CCOC2=O)cc1. The second-order valence-corrected chi connectivity index (χ2v) is 3.54. The summed E-state index contributed by atoms with van der Waals surface area (Å²) in [7, 11) is 0. The number of benzene rings is 1. The van der Waals surface area contributed by atoms with Crippen molar-refractivity contribution in [2.24, 2.45) is 5.73 Å². The Labute approximate surface area is 92.7 Å². The maximum absolute atomic E-state index is 11.2. The fourth-order valence-electron chi connectivity index (χ4n) is 1.52. The molecule has 1 aliphatic rings. The number of amides is 1. The number of cyclic esters (lactones) is 1. The maximum atomic E-state index is 11.2. The first kappa shape index (κ1) is 10.4. The molecule has 0 saturated carbocycles. The van der Waals surface area contributed by atoms with Gasteiger partial charge in [0.2, 0.25) is 5.91 Å². The fraction of sp³-hybridized carbons (Fsp3) is 0.167. The van der Waals surface area contributed by atoms with Crippen molar-refractivity contribution in [2.75, 3.05) is 6.61 Å². The third-order valence-electron chi connectivity index (χ3n) is 2.40. The van der Waals surface area contributed by atoms with Gasteiger partial charge in [0.05, 0.1) is 6.61 Å². The van der Waals surface area contributed by atoms with Crippen LogP contribution in [0, 0.1) is 0 Å². The number of carbonyl (C=O) groups is 2. The summed E-state index contributed by atoms with van der Waals surface area (Å²) < 4.78 is 4.82. The zero-order chi connectivity index (χ0) is 11.5. The van der Waals surface area contributed by atoms with Gasteiger partial charge in [0, 0.05) is 17.6 Å². The molecular weight excluding hydrogens is 206 g/mol. The van der Waals surface area contributed by atoms with E-state index in [1.165, 1.54) is 0 Å². The van der Waals surface area contributed by atoms with E-state index in [0.29, 0.717) is 24.2 Å². The molecule has 0 bridgehead atoms. The number of carbonyl (C=O) groups excluding carboxylic acids is 2. The summed E-state index contributed by atoms with van der Waals surface area (Å²) in [5, 5.41) is 0. The largest absolute Gasteiger partial charge is 0.462 e. The molecule has 0 aromatic heterocycles. The van der Waals surface area contributed by atoms with Gasteiger partial charge in [-0.25, -0.2) is 4.79 Å². The number of rotatable bonds is 2. The molecule has 0 atom stereocenters. The van der Waals surface area contributed by atoms with Crippen molar-refractivity contribution in [3.8, 4) is 0 Å². The van der Waals surface area contributed by atoms with Crippen LogP contribution >= 0.6 is 0 Å². The topological polar surface area (TPSA) is 69.4 Å². The normalized spacial score (nSPS) is 17.5. The number of hydrogen-bond donors (Lipinski definition) is 1. The van der Waals surface area contributed by atoms with Gasteiger partial charge in [0.25, 0.3) is 0 Å². The van der Waals surface area contributed by atoms with E-state index in [9.17, 15) is 9.59 Å². The molecule has 1 saturated heterocycles. The van der Waals surface area contributed by atoms with Crippen molar-refractivity contribution in [1.82, 2.24) is 0 Å². The maximum Gasteiger partial charge on any atom is 0.334 e. The minimum Gasteiger partial charge on any atom is -0.462 e. The van der Waals surface area contributed by atoms with E-state index in [2.05, 4.69) is 0 Å². The van der Waals surface area contributed by atoms with Crippen LogP contribution in [0.15, 0.2) is 29.8 Å². The molecule has 0 aliphatic carbocycles. The Morgan fingerprint density at radius 3 is 2.50 bits per heavy atom. The average molecular weight is 217 g/mol. The van der Waals surface area contributed by atoms with E-state index in [-0.39, 0.29) is 5.97 Å². The molecule has 1 aromatic rings. The number of primary amides is 1. The molecule has 1 fully saturated rings. The predicted octanol–water partition coefficient (Wildman–Crippen LogP) is 1.12. The molecule has 1 amide bonds. The van der Waals surface area contributed by atoms with Gasteiger partial charge in [-0.2, -0.15) is 0 Å². The number of hydrogen-bond acceptors (Lipinski definition) is 3. The zero-order valence-electron chi connectivity index (χ0n) is 8.60. The monoisotopic (exact) mass is 217 g/mol. The number of esters is 1. The van der Waals surface area contributed by atoms with Gasteiger partial charge in [0.1, 0.15) is 0 Å². The van der Waals surface area contributed by atoms with E-state index in [0.717, 1.165) is 5.56 Å². The van der Waals surface area contributed by atoms with Crippen LogP contribution < -0.4 is 5.73 Å². The Balaban J connectivity index is 2.22. The van der Waals surface area contributed by atoms with Crippen LogP contribution in [-0.4, -0.2) is 18.5 Å². The van der Waals surface area contributed by atoms with Crippen molar-refractivity contribution in [3.05, 3.63) is 41.0 Å². The standard InChI is InChI=1S/C12H11NO3/c13-11(14)9-3-1-8(2-4-9)7-10-5-6-16-12(10)15/h1-4,7H,5-6H2,(H2,13,14)/b10-7+. The average Bonchev–Trinajstić information content (AvgIpc) is 2.65. The lowest BCUT2D eigenvalue weighted by Gasteiger charge is -1.97. The van der Waals surface area contributed by atoms with E-state index < -0.39 is 5.91 Å². The Morgan fingerprint density at radius 1 is 1.31 bits per heavy atom. The van der Waals surface area contributed by atoms with Crippen molar-refractivity contribution in [2.45, 2.75) is 6.42 Å². The highest BCUT2D eigenvalue weighted by molar-refractivity contribution is 5.96. The molecule has 1 aliphatic heterocycles. The van der Waals surface area contributed by atoms with Crippen LogP contribution in [0.1, 0.15) is 22.3 Å². The third-order valence-corrected chi connectivity index (χ3v) is 2.40. The summed E-state index contributed by atoms with van der Waals surface area (Å²) in [4.78, 5) is 22.0. The van der Waals surface area contributed by atoms with Crippen LogP contribution in [0.3, 0.4) is 0 Å². The fourth-order valence-corrected chi connectivity index (χ4v) is 1.52. The molecule has 1 aromatic carbocycles.